The standard InChI is InChI=1S/C12H14Cl2N2O3S/c13-9-3-8(4-10(14)5-9)1-2-16-7-11(6-12(16)17)20(15,18)19/h3-5,11H,1-2,6-7H2,(H2,15,18,19). The Kier molecular flexibility index (Phi) is 4.59. The van der Waals surface area contributed by atoms with Gasteiger partial charge in [-0.15, -0.1) is 0 Å². The molecule has 0 saturated carbocycles. The smallest absolute Gasteiger partial charge is 0.224 e. The summed E-state index contributed by atoms with van der Waals surface area (Å²) in [5, 5.41) is 5.32. The first-order chi connectivity index (χ1) is 9.25. The van der Waals surface area contributed by atoms with Crippen LogP contribution in [0.15, 0.2) is 18.2 Å². The average Bonchev–Trinajstić information content (AvgIpc) is 2.66. The normalized spacial score (nSPS) is 19.6. The predicted octanol–water partition coefficient (Wildman–Crippen LogP) is 1.43. The molecular weight excluding hydrogens is 323 g/mol. The Hall–Kier alpha value is -0.820. The zero-order valence-electron chi connectivity index (χ0n) is 10.6. The molecule has 1 heterocycles. The van der Waals surface area contributed by atoms with Gasteiger partial charge in [0.15, 0.2) is 0 Å². The number of nitrogens with two attached hydrogens (primary N) is 1. The van der Waals surface area contributed by atoms with Crippen LogP contribution in [0.25, 0.3) is 0 Å². The first-order valence-electron chi connectivity index (χ1n) is 6.00. The minimum Gasteiger partial charge on any atom is -0.341 e. The maximum Gasteiger partial charge on any atom is 0.224 e. The number of hydrogen-bond donors (Lipinski definition) is 1. The van der Waals surface area contributed by atoms with Crippen molar-refractivity contribution in [3.05, 3.63) is 33.8 Å². The van der Waals surface area contributed by atoms with Gasteiger partial charge in [0, 0.05) is 29.6 Å². The Labute approximate surface area is 127 Å². The highest BCUT2D eigenvalue weighted by molar-refractivity contribution is 7.89. The third-order valence-corrected chi connectivity index (χ3v) is 4.92. The van der Waals surface area contributed by atoms with Crippen LogP contribution in [0.2, 0.25) is 10.0 Å². The molecule has 0 aromatic heterocycles. The number of primary sulfonamides is 1. The lowest BCUT2D eigenvalue weighted by Gasteiger charge is -2.16. The summed E-state index contributed by atoms with van der Waals surface area (Å²) in [7, 11) is -3.67. The van der Waals surface area contributed by atoms with Crippen molar-refractivity contribution >= 4 is 39.1 Å². The fourth-order valence-corrected chi connectivity index (χ4v) is 3.53. The summed E-state index contributed by atoms with van der Waals surface area (Å²) in [5.41, 5.74) is 0.898. The summed E-state index contributed by atoms with van der Waals surface area (Å²) in [5.74, 6) is -0.197. The summed E-state index contributed by atoms with van der Waals surface area (Å²) < 4.78 is 22.5. The Morgan fingerprint density at radius 1 is 1.25 bits per heavy atom. The van der Waals surface area contributed by atoms with Gasteiger partial charge in [-0.05, 0) is 30.2 Å². The predicted molar refractivity (Wildman–Crippen MR) is 78.3 cm³/mol. The summed E-state index contributed by atoms with van der Waals surface area (Å²) in [6, 6.07) is 5.17. The van der Waals surface area contributed by atoms with E-state index in [0.29, 0.717) is 23.0 Å². The number of rotatable bonds is 4. The van der Waals surface area contributed by atoms with E-state index >= 15 is 0 Å². The van der Waals surface area contributed by atoms with Crippen LogP contribution in [0.3, 0.4) is 0 Å². The molecule has 110 valence electrons. The first kappa shape index (κ1) is 15.6. The van der Waals surface area contributed by atoms with Crippen molar-refractivity contribution in [2.24, 2.45) is 5.14 Å². The highest BCUT2D eigenvalue weighted by Crippen LogP contribution is 2.21. The maximum absolute atomic E-state index is 11.7. The largest absolute Gasteiger partial charge is 0.341 e. The number of hydrogen-bond acceptors (Lipinski definition) is 3. The Bertz CT molecular complexity index is 613. The van der Waals surface area contributed by atoms with Gasteiger partial charge in [0.1, 0.15) is 5.25 Å². The molecule has 0 aliphatic carbocycles. The van der Waals surface area contributed by atoms with E-state index in [1.165, 1.54) is 4.90 Å². The zero-order valence-corrected chi connectivity index (χ0v) is 12.9. The molecule has 2 rings (SSSR count). The topological polar surface area (TPSA) is 80.5 Å². The molecule has 1 amide bonds. The highest BCUT2D eigenvalue weighted by Gasteiger charge is 2.35. The monoisotopic (exact) mass is 336 g/mol. The average molecular weight is 337 g/mol. The zero-order chi connectivity index (χ0) is 14.9. The van der Waals surface area contributed by atoms with Crippen LogP contribution >= 0.6 is 23.2 Å². The lowest BCUT2D eigenvalue weighted by atomic mass is 10.1. The molecule has 1 unspecified atom stereocenters. The molecule has 1 saturated heterocycles. The number of amides is 1. The molecule has 5 nitrogen and oxygen atoms in total. The van der Waals surface area contributed by atoms with Gasteiger partial charge in [-0.25, -0.2) is 13.6 Å². The lowest BCUT2D eigenvalue weighted by Crippen LogP contribution is -2.33. The molecule has 1 aliphatic heterocycles. The van der Waals surface area contributed by atoms with Crippen molar-refractivity contribution in [2.45, 2.75) is 18.1 Å². The quantitative estimate of drug-likeness (QED) is 0.902. The van der Waals surface area contributed by atoms with Crippen molar-refractivity contribution < 1.29 is 13.2 Å². The Morgan fingerprint density at radius 2 is 1.85 bits per heavy atom. The number of sulfonamides is 1. The SMILES string of the molecule is NS(=O)(=O)C1CC(=O)N(CCc2cc(Cl)cc(Cl)c2)C1. The van der Waals surface area contributed by atoms with E-state index in [4.69, 9.17) is 28.3 Å². The van der Waals surface area contributed by atoms with Gasteiger partial charge in [0.25, 0.3) is 0 Å². The van der Waals surface area contributed by atoms with Crippen molar-refractivity contribution in [3.63, 3.8) is 0 Å². The first-order valence-corrected chi connectivity index (χ1v) is 8.36. The summed E-state index contributed by atoms with van der Waals surface area (Å²) >= 11 is 11.8. The summed E-state index contributed by atoms with van der Waals surface area (Å²) in [4.78, 5) is 13.2. The molecule has 20 heavy (non-hydrogen) atoms. The van der Waals surface area contributed by atoms with Gasteiger partial charge in [0.05, 0.1) is 0 Å². The number of carbonyl (C=O) groups is 1. The van der Waals surface area contributed by atoms with E-state index in [1.54, 1.807) is 18.2 Å². The minimum atomic E-state index is -3.67. The molecule has 1 aliphatic rings. The van der Waals surface area contributed by atoms with Gasteiger partial charge < -0.3 is 4.90 Å². The van der Waals surface area contributed by atoms with E-state index < -0.39 is 15.3 Å². The summed E-state index contributed by atoms with van der Waals surface area (Å²) in [6.45, 7) is 0.563. The van der Waals surface area contributed by atoms with Crippen LogP contribution in [-0.4, -0.2) is 37.6 Å². The van der Waals surface area contributed by atoms with E-state index in [0.717, 1.165) is 5.56 Å². The van der Waals surface area contributed by atoms with Gasteiger partial charge in [-0.3, -0.25) is 4.79 Å². The second kappa shape index (κ2) is 5.89. The number of likely N-dealkylation sites (tertiary alicyclic amines) is 1. The van der Waals surface area contributed by atoms with E-state index in [1.807, 2.05) is 0 Å². The molecule has 1 fully saturated rings. The molecule has 2 N–H and O–H groups in total. The Morgan fingerprint density at radius 3 is 2.35 bits per heavy atom. The molecule has 1 atom stereocenters. The summed E-state index contributed by atoms with van der Waals surface area (Å²) in [6.07, 6.45) is 0.512. The Balaban J connectivity index is 1.99. The number of nitrogens with zero attached hydrogens (tertiary/aromatic N) is 1. The van der Waals surface area contributed by atoms with Crippen molar-refractivity contribution in [3.8, 4) is 0 Å². The molecule has 0 radical (unpaired) electrons. The molecule has 1 aromatic carbocycles. The minimum absolute atomic E-state index is 0.0465. The molecule has 0 bridgehead atoms. The van der Waals surface area contributed by atoms with Gasteiger partial charge in [-0.1, -0.05) is 23.2 Å². The van der Waals surface area contributed by atoms with Crippen LogP contribution in [0, 0.1) is 0 Å². The third-order valence-electron chi connectivity index (χ3n) is 3.24. The van der Waals surface area contributed by atoms with Crippen LogP contribution in [0.1, 0.15) is 12.0 Å². The van der Waals surface area contributed by atoms with Crippen molar-refractivity contribution in [2.75, 3.05) is 13.1 Å². The van der Waals surface area contributed by atoms with E-state index in [2.05, 4.69) is 0 Å². The molecular formula is C12H14Cl2N2O3S. The fraction of sp³-hybridized carbons (Fsp3) is 0.417. The number of carbonyl (C=O) groups excluding carboxylic acids is 1. The van der Waals surface area contributed by atoms with Gasteiger partial charge in [0.2, 0.25) is 15.9 Å². The van der Waals surface area contributed by atoms with Gasteiger partial charge in [-0.2, -0.15) is 0 Å². The van der Waals surface area contributed by atoms with Crippen molar-refractivity contribution in [1.29, 1.82) is 0 Å². The third kappa shape index (κ3) is 3.85. The molecule has 1 aromatic rings. The van der Waals surface area contributed by atoms with Crippen LogP contribution in [0.4, 0.5) is 0 Å². The molecule has 0 spiro atoms. The van der Waals surface area contributed by atoms with E-state index in [-0.39, 0.29) is 18.9 Å². The maximum atomic E-state index is 11.7. The second-order valence-electron chi connectivity index (χ2n) is 4.78. The number of halogens is 2. The molecule has 8 heteroatoms. The second-order valence-corrected chi connectivity index (χ2v) is 7.50. The number of benzene rings is 1. The lowest BCUT2D eigenvalue weighted by molar-refractivity contribution is -0.127. The fourth-order valence-electron chi connectivity index (χ4n) is 2.19. The van der Waals surface area contributed by atoms with Crippen LogP contribution in [0.5, 0.6) is 0 Å². The van der Waals surface area contributed by atoms with Crippen LogP contribution < -0.4 is 5.14 Å². The van der Waals surface area contributed by atoms with Gasteiger partial charge >= 0.3 is 0 Å². The highest BCUT2D eigenvalue weighted by atomic mass is 35.5. The van der Waals surface area contributed by atoms with E-state index in [9.17, 15) is 13.2 Å². The van der Waals surface area contributed by atoms with Crippen LogP contribution in [-0.2, 0) is 21.2 Å². The van der Waals surface area contributed by atoms with Crippen molar-refractivity contribution in [1.82, 2.24) is 4.90 Å².